The van der Waals surface area contributed by atoms with Gasteiger partial charge in [-0.15, -0.1) is 22.7 Å². The van der Waals surface area contributed by atoms with Gasteiger partial charge in [0.15, 0.2) is 13.6 Å². The predicted octanol–water partition coefficient (Wildman–Crippen LogP) is 13.8. The zero-order valence-electron chi connectivity index (χ0n) is 37.2. The maximum Gasteiger partial charge on any atom is 0.519 e. The van der Waals surface area contributed by atoms with Gasteiger partial charge in [0.05, 0.1) is 29.4 Å². The lowest BCUT2D eigenvalue weighted by molar-refractivity contribution is -0.0294. The molecule has 0 bridgehead atoms. The quantitative estimate of drug-likeness (QED) is 0.0602. The molecule has 63 heavy (non-hydrogen) atoms. The first kappa shape index (κ1) is 50.8. The van der Waals surface area contributed by atoms with E-state index in [1.807, 2.05) is 73.7 Å². The van der Waals surface area contributed by atoms with Crippen molar-refractivity contribution in [2.45, 2.75) is 73.5 Å². The number of carbonyl (C=O) groups is 2. The number of fused-ring (bicyclic) bond motifs is 2. The van der Waals surface area contributed by atoms with Crippen LogP contribution in [0.2, 0.25) is 0 Å². The van der Waals surface area contributed by atoms with Crippen LogP contribution >= 0.6 is 54.5 Å². The minimum atomic E-state index is -1.06. The Morgan fingerprint density at radius 2 is 1.03 bits per heavy atom. The van der Waals surface area contributed by atoms with E-state index in [2.05, 4.69) is 78.6 Å². The average Bonchev–Trinajstić information content (AvgIpc) is 3.77. The van der Waals surface area contributed by atoms with Crippen molar-refractivity contribution in [2.75, 3.05) is 33.5 Å². The van der Waals surface area contributed by atoms with Gasteiger partial charge in [-0.05, 0) is 183 Å². The van der Waals surface area contributed by atoms with E-state index in [1.54, 1.807) is 78.4 Å². The molecule has 0 aliphatic rings. The van der Waals surface area contributed by atoms with Gasteiger partial charge in [0.2, 0.25) is 0 Å². The minimum Gasteiger partial charge on any atom is -0.466 e. The van der Waals surface area contributed by atoms with Gasteiger partial charge in [-0.2, -0.15) is 0 Å². The number of hydrogen-bond donors (Lipinski definition) is 1. The largest absolute Gasteiger partial charge is 0.519 e. The highest BCUT2D eigenvalue weighted by molar-refractivity contribution is 9.11. The van der Waals surface area contributed by atoms with E-state index in [1.165, 1.54) is 15.8 Å². The van der Waals surface area contributed by atoms with Gasteiger partial charge < -0.3 is 38.9 Å². The van der Waals surface area contributed by atoms with Crippen LogP contribution in [0.15, 0.2) is 69.6 Å². The number of hydrogen-bond acceptors (Lipinski definition) is 14. The fourth-order valence-corrected chi connectivity index (χ4v) is 7.99. The van der Waals surface area contributed by atoms with Gasteiger partial charge in [0, 0.05) is 19.9 Å². The summed E-state index contributed by atoms with van der Waals surface area (Å²) < 4.78 is 38.6. The Balaban J connectivity index is 0.000000214. The van der Waals surface area contributed by atoms with Crippen LogP contribution in [0.3, 0.4) is 0 Å². The summed E-state index contributed by atoms with van der Waals surface area (Å²) in [4.78, 5) is 31.3. The van der Waals surface area contributed by atoms with Crippen LogP contribution in [0, 0.1) is 20.8 Å². The number of benzene rings is 4. The molecule has 4 aromatic carbocycles. The Hall–Kier alpha value is -4.84. The monoisotopic (exact) mass is 1030 g/mol. The molecule has 0 spiro atoms. The molecule has 0 radical (unpaired) electrons. The van der Waals surface area contributed by atoms with Crippen molar-refractivity contribution in [2.24, 2.45) is 0 Å². The fourth-order valence-electron chi connectivity index (χ4n) is 5.12. The van der Waals surface area contributed by atoms with Crippen molar-refractivity contribution < 1.29 is 42.7 Å². The first-order valence-corrected chi connectivity index (χ1v) is 22.7. The number of anilines is 1. The van der Waals surface area contributed by atoms with Crippen LogP contribution in [-0.2, 0) is 23.7 Å². The Labute approximate surface area is 393 Å². The molecule has 2 aromatic heterocycles. The molecule has 0 saturated carbocycles. The van der Waals surface area contributed by atoms with Gasteiger partial charge in [0.1, 0.15) is 32.7 Å². The van der Waals surface area contributed by atoms with Crippen LogP contribution in [0.5, 0.6) is 11.5 Å². The van der Waals surface area contributed by atoms with Crippen molar-refractivity contribution in [1.29, 1.82) is 0 Å². The van der Waals surface area contributed by atoms with E-state index < -0.39 is 23.5 Å². The topological polar surface area (TPSA) is 151 Å². The Morgan fingerprint density at radius 1 is 0.619 bits per heavy atom. The van der Waals surface area contributed by atoms with Gasteiger partial charge in [0.25, 0.3) is 0 Å². The molecule has 16 heteroatoms. The van der Waals surface area contributed by atoms with Crippen molar-refractivity contribution in [3.8, 4) is 11.5 Å². The number of nitrogens with two attached hydrogens (primary N) is 1. The number of carbonyl (C=O) groups excluding carboxylic acids is 2. The molecule has 0 aliphatic carbocycles. The summed E-state index contributed by atoms with van der Waals surface area (Å²) in [5.74, 6) is 1.51. The lowest BCUT2D eigenvalue weighted by atomic mass is 10.1. The molecule has 0 saturated heterocycles. The maximum absolute atomic E-state index is 11.0. The smallest absolute Gasteiger partial charge is 0.466 e. The second-order valence-corrected chi connectivity index (χ2v) is 19.7. The van der Waals surface area contributed by atoms with Crippen molar-refractivity contribution in [3.63, 3.8) is 0 Å². The van der Waals surface area contributed by atoms with Crippen LogP contribution in [0.4, 0.5) is 15.3 Å². The Kier molecular flexibility index (Phi) is 18.7. The fraction of sp³-hybridized carbons (Fsp3) is 0.319. The number of methoxy groups -OCH3 is 2. The SMILES string of the molecule is CC(C)(C)OC(=O)OC(=O)OC(C)(C)C.COCOc1ccc(/C=C/c2nc3cc(C)c(C)cc3s2)cc1Br.COCOc1ccc(/C=C/c2nc3cc(C)c(N)cc3s2)cc1Br. The highest BCUT2D eigenvalue weighted by Gasteiger charge is 2.24. The molecule has 0 aliphatic heterocycles. The third-order valence-corrected chi connectivity index (χ3v) is 11.4. The molecule has 336 valence electrons. The molecule has 12 nitrogen and oxygen atoms in total. The van der Waals surface area contributed by atoms with Crippen LogP contribution in [0.1, 0.15) is 79.4 Å². The maximum atomic E-state index is 11.0. The predicted molar refractivity (Wildman–Crippen MR) is 263 cm³/mol. The molecular weight excluding hydrogens is 974 g/mol. The molecule has 6 aromatic rings. The minimum absolute atomic E-state index is 0.224. The normalized spacial score (nSPS) is 11.6. The lowest BCUT2D eigenvalue weighted by Gasteiger charge is -2.20. The van der Waals surface area contributed by atoms with Gasteiger partial charge in [-0.3, -0.25) is 0 Å². The van der Waals surface area contributed by atoms with Crippen LogP contribution < -0.4 is 15.2 Å². The summed E-state index contributed by atoms with van der Waals surface area (Å²) in [6, 6.07) is 20.2. The van der Waals surface area contributed by atoms with Crippen molar-refractivity contribution >= 4 is 117 Å². The number of nitrogens with zero attached hydrogens (tertiary/aromatic N) is 2. The summed E-state index contributed by atoms with van der Waals surface area (Å²) in [6.45, 7) is 16.7. The number of ether oxygens (including phenoxy) is 7. The number of rotatable bonds is 10. The molecule has 0 unspecified atom stereocenters. The number of nitrogen functional groups attached to an aromatic ring is 1. The summed E-state index contributed by atoms with van der Waals surface area (Å²) >= 11 is 10.4. The first-order chi connectivity index (χ1) is 29.6. The zero-order valence-corrected chi connectivity index (χ0v) is 42.0. The van der Waals surface area contributed by atoms with Crippen LogP contribution in [0.25, 0.3) is 44.7 Å². The molecule has 6 rings (SSSR count). The summed E-state index contributed by atoms with van der Waals surface area (Å²) in [6.07, 6.45) is 6.02. The van der Waals surface area contributed by atoms with E-state index in [9.17, 15) is 9.59 Å². The highest BCUT2D eigenvalue weighted by Crippen LogP contribution is 2.31. The molecule has 0 atom stereocenters. The number of halogens is 2. The zero-order chi connectivity index (χ0) is 46.5. The third-order valence-electron chi connectivity index (χ3n) is 8.17. The summed E-state index contributed by atoms with van der Waals surface area (Å²) in [7, 11) is 3.20. The summed E-state index contributed by atoms with van der Waals surface area (Å²) in [5.41, 5.74) is 13.2. The average molecular weight is 1030 g/mol. The molecule has 2 N–H and O–H groups in total. The van der Waals surface area contributed by atoms with E-state index in [0.29, 0.717) is 0 Å². The Bertz CT molecular complexity index is 2320. The van der Waals surface area contributed by atoms with Crippen molar-refractivity contribution in [1.82, 2.24) is 9.97 Å². The third kappa shape index (κ3) is 17.0. The van der Waals surface area contributed by atoms with E-state index in [4.69, 9.17) is 34.2 Å². The van der Waals surface area contributed by atoms with E-state index in [0.717, 1.165) is 68.6 Å². The van der Waals surface area contributed by atoms with E-state index in [-0.39, 0.29) is 13.6 Å². The number of thiazole rings is 2. The van der Waals surface area contributed by atoms with Gasteiger partial charge in [-0.1, -0.05) is 24.3 Å². The molecule has 2 heterocycles. The van der Waals surface area contributed by atoms with E-state index >= 15 is 0 Å². The Morgan fingerprint density at radius 3 is 1.44 bits per heavy atom. The highest BCUT2D eigenvalue weighted by atomic mass is 79.9. The standard InChI is InChI=1S/C19H18BrNO2S.C18H17BrN2O2S.C10H18O5/c1-12-8-16-18(9-13(12)2)24-19(21-16)7-5-14-4-6-17(15(20)10-14)23-11-22-3;1-11-7-15-17(9-14(11)20)24-18(21-15)6-4-12-3-5-16(13(19)8-12)23-10-22-2;1-9(2,3)14-7(11)13-8(12)15-10(4,5)6/h4-10H,11H2,1-3H3;3-9H,10,20H2,1-2H3;1-6H3/b7-5+;6-4+;. The van der Waals surface area contributed by atoms with Crippen LogP contribution in [-0.4, -0.2) is 61.3 Å². The summed E-state index contributed by atoms with van der Waals surface area (Å²) in [5, 5.41) is 1.96. The van der Waals surface area contributed by atoms with Crippen molar-refractivity contribution in [3.05, 3.63) is 107 Å². The molecule has 0 amide bonds. The number of aromatic nitrogens is 2. The van der Waals surface area contributed by atoms with Gasteiger partial charge in [-0.25, -0.2) is 19.6 Å². The second-order valence-electron chi connectivity index (χ2n) is 15.9. The molecule has 0 fully saturated rings. The first-order valence-electron chi connectivity index (χ1n) is 19.5. The second kappa shape index (κ2) is 23.2. The number of aryl methyl sites for hydroxylation is 3. The molecular formula is C47H53Br2N3O9S2. The van der Waals surface area contributed by atoms with Gasteiger partial charge >= 0.3 is 12.3 Å². The lowest BCUT2D eigenvalue weighted by Crippen LogP contribution is -2.29.